The average molecular weight is 266 g/mol. The number of hydrogen-bond donors (Lipinski definition) is 1. The van der Waals surface area contributed by atoms with Crippen LogP contribution in [0.15, 0.2) is 0 Å². The summed E-state index contributed by atoms with van der Waals surface area (Å²) in [7, 11) is 0. The standard InChI is InChI=1S/C16H30N2O/c1-12(2)8-16(19)18-10-13(3)9-15(11-18)17-14-6-4-5-7-14/h12-15,17H,4-11H2,1-3H3. The van der Waals surface area contributed by atoms with Gasteiger partial charge in [-0.1, -0.05) is 33.6 Å². The van der Waals surface area contributed by atoms with E-state index in [0.717, 1.165) is 13.1 Å². The summed E-state index contributed by atoms with van der Waals surface area (Å²) in [6.45, 7) is 8.40. The molecule has 3 heteroatoms. The van der Waals surface area contributed by atoms with E-state index in [1.807, 2.05) is 0 Å². The largest absolute Gasteiger partial charge is 0.341 e. The summed E-state index contributed by atoms with van der Waals surface area (Å²) >= 11 is 0. The molecular formula is C16H30N2O. The number of piperidine rings is 1. The molecule has 1 saturated carbocycles. The molecule has 1 amide bonds. The highest BCUT2D eigenvalue weighted by atomic mass is 16.2. The van der Waals surface area contributed by atoms with Gasteiger partial charge in [-0.25, -0.2) is 0 Å². The van der Waals surface area contributed by atoms with Gasteiger partial charge in [0.1, 0.15) is 0 Å². The highest BCUT2D eigenvalue weighted by Crippen LogP contribution is 2.23. The van der Waals surface area contributed by atoms with Gasteiger partial charge in [0.25, 0.3) is 0 Å². The summed E-state index contributed by atoms with van der Waals surface area (Å²) in [5, 5.41) is 3.79. The van der Waals surface area contributed by atoms with Crippen LogP contribution in [0.4, 0.5) is 0 Å². The third-order valence-electron chi connectivity index (χ3n) is 4.42. The quantitative estimate of drug-likeness (QED) is 0.848. The first kappa shape index (κ1) is 14.8. The van der Waals surface area contributed by atoms with E-state index in [1.54, 1.807) is 0 Å². The van der Waals surface area contributed by atoms with Crippen LogP contribution in [0, 0.1) is 11.8 Å². The van der Waals surface area contributed by atoms with Gasteiger partial charge in [-0.15, -0.1) is 0 Å². The molecule has 1 heterocycles. The fourth-order valence-corrected chi connectivity index (χ4v) is 3.58. The smallest absolute Gasteiger partial charge is 0.222 e. The van der Waals surface area contributed by atoms with Crippen molar-refractivity contribution in [3.8, 4) is 0 Å². The van der Waals surface area contributed by atoms with Gasteiger partial charge in [0.15, 0.2) is 0 Å². The maximum Gasteiger partial charge on any atom is 0.222 e. The molecule has 2 atom stereocenters. The normalized spacial score (nSPS) is 29.2. The minimum atomic E-state index is 0.347. The first-order chi connectivity index (χ1) is 9.04. The van der Waals surface area contributed by atoms with Crippen LogP contribution in [0.1, 0.15) is 59.3 Å². The van der Waals surface area contributed by atoms with Gasteiger partial charge in [0.05, 0.1) is 0 Å². The first-order valence-electron chi connectivity index (χ1n) is 8.08. The Labute approximate surface area is 118 Å². The molecule has 0 radical (unpaired) electrons. The van der Waals surface area contributed by atoms with Crippen molar-refractivity contribution in [1.29, 1.82) is 0 Å². The second-order valence-electron chi connectivity index (χ2n) is 7.08. The fourth-order valence-electron chi connectivity index (χ4n) is 3.58. The number of hydrogen-bond acceptors (Lipinski definition) is 2. The van der Waals surface area contributed by atoms with Crippen molar-refractivity contribution < 1.29 is 4.79 Å². The fraction of sp³-hybridized carbons (Fsp3) is 0.938. The lowest BCUT2D eigenvalue weighted by molar-refractivity contribution is -0.134. The summed E-state index contributed by atoms with van der Waals surface area (Å²) < 4.78 is 0. The van der Waals surface area contributed by atoms with Crippen molar-refractivity contribution in [1.82, 2.24) is 10.2 Å². The van der Waals surface area contributed by atoms with Crippen molar-refractivity contribution in [2.24, 2.45) is 11.8 Å². The van der Waals surface area contributed by atoms with Crippen LogP contribution in [0.3, 0.4) is 0 Å². The zero-order valence-electron chi connectivity index (χ0n) is 12.8. The van der Waals surface area contributed by atoms with E-state index in [4.69, 9.17) is 0 Å². The highest BCUT2D eigenvalue weighted by Gasteiger charge is 2.29. The molecule has 110 valence electrons. The van der Waals surface area contributed by atoms with Crippen LogP contribution in [0.25, 0.3) is 0 Å². The number of carbonyl (C=O) groups is 1. The zero-order chi connectivity index (χ0) is 13.8. The summed E-state index contributed by atoms with van der Waals surface area (Å²) in [4.78, 5) is 14.3. The molecule has 0 aromatic carbocycles. The molecule has 1 aliphatic heterocycles. The monoisotopic (exact) mass is 266 g/mol. The summed E-state index contributed by atoms with van der Waals surface area (Å²) in [5.74, 6) is 1.44. The molecule has 2 rings (SSSR count). The molecule has 1 aliphatic carbocycles. The van der Waals surface area contributed by atoms with E-state index in [1.165, 1.54) is 32.1 Å². The van der Waals surface area contributed by atoms with Gasteiger partial charge in [-0.3, -0.25) is 4.79 Å². The van der Waals surface area contributed by atoms with E-state index in [-0.39, 0.29) is 0 Å². The number of amides is 1. The molecule has 19 heavy (non-hydrogen) atoms. The molecule has 2 fully saturated rings. The first-order valence-corrected chi connectivity index (χ1v) is 8.08. The molecule has 0 aromatic heterocycles. The van der Waals surface area contributed by atoms with Crippen LogP contribution >= 0.6 is 0 Å². The minimum absolute atomic E-state index is 0.347. The van der Waals surface area contributed by atoms with Crippen molar-refractivity contribution in [2.75, 3.05) is 13.1 Å². The van der Waals surface area contributed by atoms with Crippen LogP contribution in [-0.4, -0.2) is 36.0 Å². The zero-order valence-corrected chi connectivity index (χ0v) is 12.8. The van der Waals surface area contributed by atoms with E-state index in [9.17, 15) is 4.79 Å². The average Bonchev–Trinajstić information content (AvgIpc) is 2.80. The Morgan fingerprint density at radius 1 is 1.21 bits per heavy atom. The Hall–Kier alpha value is -0.570. The number of nitrogens with zero attached hydrogens (tertiary/aromatic N) is 1. The van der Waals surface area contributed by atoms with Crippen molar-refractivity contribution in [3.63, 3.8) is 0 Å². The minimum Gasteiger partial charge on any atom is -0.341 e. The molecule has 0 spiro atoms. The number of likely N-dealkylation sites (tertiary alicyclic amines) is 1. The summed E-state index contributed by atoms with van der Waals surface area (Å²) in [6, 6.07) is 1.22. The van der Waals surface area contributed by atoms with E-state index >= 15 is 0 Å². The molecule has 3 nitrogen and oxygen atoms in total. The lowest BCUT2D eigenvalue weighted by Gasteiger charge is -2.38. The highest BCUT2D eigenvalue weighted by molar-refractivity contribution is 5.76. The van der Waals surface area contributed by atoms with Gasteiger partial charge in [-0.2, -0.15) is 0 Å². The van der Waals surface area contributed by atoms with Gasteiger partial charge in [0.2, 0.25) is 5.91 Å². The Morgan fingerprint density at radius 3 is 2.53 bits per heavy atom. The molecule has 0 aromatic rings. The van der Waals surface area contributed by atoms with E-state index < -0.39 is 0 Å². The van der Waals surface area contributed by atoms with E-state index in [2.05, 4.69) is 31.0 Å². The van der Waals surface area contributed by atoms with E-state index in [0.29, 0.717) is 36.2 Å². The molecule has 2 unspecified atom stereocenters. The Bertz CT molecular complexity index is 297. The maximum atomic E-state index is 12.2. The van der Waals surface area contributed by atoms with Gasteiger partial charge in [-0.05, 0) is 31.1 Å². The molecule has 1 saturated heterocycles. The second-order valence-corrected chi connectivity index (χ2v) is 7.08. The molecular weight excluding hydrogens is 236 g/mol. The van der Waals surface area contributed by atoms with Crippen LogP contribution in [0.2, 0.25) is 0 Å². The number of carbonyl (C=O) groups excluding carboxylic acids is 1. The van der Waals surface area contributed by atoms with Crippen molar-refractivity contribution in [2.45, 2.75) is 71.4 Å². The van der Waals surface area contributed by atoms with Gasteiger partial charge >= 0.3 is 0 Å². The van der Waals surface area contributed by atoms with Crippen molar-refractivity contribution in [3.05, 3.63) is 0 Å². The SMILES string of the molecule is CC(C)CC(=O)N1CC(C)CC(NC2CCCC2)C1. The van der Waals surface area contributed by atoms with Gasteiger partial charge in [0, 0.05) is 31.6 Å². The Morgan fingerprint density at radius 2 is 1.89 bits per heavy atom. The van der Waals surface area contributed by atoms with Gasteiger partial charge < -0.3 is 10.2 Å². The summed E-state index contributed by atoms with van der Waals surface area (Å²) in [6.07, 6.45) is 7.31. The predicted octanol–water partition coefficient (Wildman–Crippen LogP) is 2.80. The maximum absolute atomic E-state index is 12.2. The van der Waals surface area contributed by atoms with Crippen LogP contribution in [0.5, 0.6) is 0 Å². The lowest BCUT2D eigenvalue weighted by Crippen LogP contribution is -2.52. The van der Waals surface area contributed by atoms with Crippen LogP contribution in [-0.2, 0) is 4.79 Å². The number of nitrogens with one attached hydrogen (secondary N) is 1. The molecule has 1 N–H and O–H groups in total. The topological polar surface area (TPSA) is 32.3 Å². The third-order valence-corrected chi connectivity index (χ3v) is 4.42. The third kappa shape index (κ3) is 4.48. The molecule has 0 bridgehead atoms. The lowest BCUT2D eigenvalue weighted by atomic mass is 9.94. The Balaban J connectivity index is 1.85. The van der Waals surface area contributed by atoms with Crippen molar-refractivity contribution >= 4 is 5.91 Å². The number of rotatable bonds is 4. The molecule has 2 aliphatic rings. The Kier molecular flexibility index (Phi) is 5.26. The predicted molar refractivity (Wildman–Crippen MR) is 79.0 cm³/mol. The second kappa shape index (κ2) is 6.74. The summed E-state index contributed by atoms with van der Waals surface area (Å²) in [5.41, 5.74) is 0. The van der Waals surface area contributed by atoms with Crippen LogP contribution < -0.4 is 5.32 Å².